The van der Waals surface area contributed by atoms with Gasteiger partial charge >= 0.3 is 0 Å². The Kier molecular flexibility index (Phi) is 7.16. The minimum absolute atomic E-state index is 0.0874. The molecule has 3 heterocycles. The number of amides is 2. The number of rotatable bonds is 7. The summed E-state index contributed by atoms with van der Waals surface area (Å²) in [7, 11) is 0. The molecule has 2 N–H and O–H groups in total. The molecule has 2 amide bonds. The van der Waals surface area contributed by atoms with E-state index in [2.05, 4.69) is 22.1 Å². The summed E-state index contributed by atoms with van der Waals surface area (Å²) in [6.07, 6.45) is 6.03. The normalized spacial score (nSPS) is 19.8. The Balaban J connectivity index is 1.35. The highest BCUT2D eigenvalue weighted by molar-refractivity contribution is 5.94. The first kappa shape index (κ1) is 20.9. The molecule has 2 fully saturated rings. The van der Waals surface area contributed by atoms with Crippen molar-refractivity contribution in [3.63, 3.8) is 0 Å². The van der Waals surface area contributed by atoms with Gasteiger partial charge in [0.15, 0.2) is 0 Å². The average Bonchev–Trinajstić information content (AvgIpc) is 3.31. The smallest absolute Gasteiger partial charge is 0.270 e. The second-order valence-electron chi connectivity index (χ2n) is 8.68. The van der Waals surface area contributed by atoms with E-state index in [9.17, 15) is 9.59 Å². The van der Waals surface area contributed by atoms with Gasteiger partial charge in [0.2, 0.25) is 5.91 Å². The van der Waals surface area contributed by atoms with E-state index >= 15 is 0 Å². The van der Waals surface area contributed by atoms with Crippen molar-refractivity contribution in [2.24, 2.45) is 5.92 Å². The van der Waals surface area contributed by atoms with Crippen molar-refractivity contribution in [1.29, 1.82) is 0 Å². The zero-order valence-electron chi connectivity index (χ0n) is 17.7. The van der Waals surface area contributed by atoms with Crippen LogP contribution >= 0.6 is 0 Å². The van der Waals surface area contributed by atoms with E-state index in [-0.39, 0.29) is 11.8 Å². The maximum Gasteiger partial charge on any atom is 0.270 e. The van der Waals surface area contributed by atoms with Crippen LogP contribution in [-0.2, 0) is 4.79 Å². The number of hydrogen-bond acceptors (Lipinski definition) is 3. The number of nitrogens with one attached hydrogen (secondary N) is 2. The Bertz CT molecular complexity index is 670. The third kappa shape index (κ3) is 5.37. The summed E-state index contributed by atoms with van der Waals surface area (Å²) in [6.45, 7) is 10.8. The third-order valence-corrected chi connectivity index (χ3v) is 6.39. The van der Waals surface area contributed by atoms with Gasteiger partial charge in [0.1, 0.15) is 5.69 Å². The Labute approximate surface area is 169 Å². The lowest BCUT2D eigenvalue weighted by Gasteiger charge is -2.31. The fourth-order valence-electron chi connectivity index (χ4n) is 4.57. The van der Waals surface area contributed by atoms with Crippen LogP contribution < -0.4 is 5.32 Å². The number of aromatic amines is 1. The molecule has 28 heavy (non-hydrogen) atoms. The van der Waals surface area contributed by atoms with Gasteiger partial charge in [0.25, 0.3) is 5.91 Å². The van der Waals surface area contributed by atoms with Gasteiger partial charge in [-0.1, -0.05) is 0 Å². The molecule has 2 aliphatic rings. The molecule has 6 heteroatoms. The Morgan fingerprint density at radius 1 is 1.18 bits per heavy atom. The summed E-state index contributed by atoms with van der Waals surface area (Å²) in [6, 6.07) is 2.56. The highest BCUT2D eigenvalue weighted by atomic mass is 16.2. The number of carbonyl (C=O) groups is 2. The molecular weight excluding hydrogens is 352 g/mol. The van der Waals surface area contributed by atoms with Gasteiger partial charge in [0, 0.05) is 37.8 Å². The number of carbonyl (C=O) groups excluding carboxylic acids is 2. The minimum atomic E-state index is 0.0874. The molecule has 156 valence electrons. The van der Waals surface area contributed by atoms with Crippen molar-refractivity contribution in [2.75, 3.05) is 32.7 Å². The van der Waals surface area contributed by atoms with Crippen LogP contribution in [0.15, 0.2) is 6.07 Å². The molecule has 0 aliphatic carbocycles. The van der Waals surface area contributed by atoms with Crippen LogP contribution in [0.25, 0.3) is 0 Å². The lowest BCUT2D eigenvalue weighted by Crippen LogP contribution is -2.40. The molecule has 3 rings (SSSR count). The second-order valence-corrected chi connectivity index (χ2v) is 8.68. The van der Waals surface area contributed by atoms with Gasteiger partial charge in [-0.15, -0.1) is 0 Å². The number of H-pyrrole nitrogens is 1. The Morgan fingerprint density at radius 2 is 1.86 bits per heavy atom. The van der Waals surface area contributed by atoms with Crippen molar-refractivity contribution in [1.82, 2.24) is 20.1 Å². The summed E-state index contributed by atoms with van der Waals surface area (Å²) in [5, 5.41) is 3.10. The van der Waals surface area contributed by atoms with E-state index < -0.39 is 0 Å². The van der Waals surface area contributed by atoms with Gasteiger partial charge in [-0.2, -0.15) is 0 Å². The van der Waals surface area contributed by atoms with E-state index in [4.69, 9.17) is 0 Å². The highest BCUT2D eigenvalue weighted by Gasteiger charge is 2.26. The number of hydrogen-bond donors (Lipinski definition) is 2. The van der Waals surface area contributed by atoms with Crippen molar-refractivity contribution >= 4 is 11.8 Å². The van der Waals surface area contributed by atoms with Crippen LogP contribution in [0.2, 0.25) is 0 Å². The fraction of sp³-hybridized carbons (Fsp3) is 0.727. The molecule has 1 aromatic rings. The van der Waals surface area contributed by atoms with Crippen molar-refractivity contribution < 1.29 is 9.59 Å². The average molecular weight is 389 g/mol. The Morgan fingerprint density at radius 3 is 2.46 bits per heavy atom. The molecule has 0 bridgehead atoms. The fourth-order valence-corrected chi connectivity index (χ4v) is 4.57. The molecule has 2 aliphatic heterocycles. The predicted molar refractivity (Wildman–Crippen MR) is 111 cm³/mol. The van der Waals surface area contributed by atoms with E-state index in [1.165, 1.54) is 25.9 Å². The van der Waals surface area contributed by atoms with E-state index in [1.54, 1.807) is 0 Å². The molecule has 0 unspecified atom stereocenters. The first-order valence-electron chi connectivity index (χ1n) is 10.9. The number of piperidine rings is 1. The summed E-state index contributed by atoms with van der Waals surface area (Å²) in [5.41, 5.74) is 2.74. The van der Waals surface area contributed by atoms with Gasteiger partial charge in [-0.3, -0.25) is 9.59 Å². The van der Waals surface area contributed by atoms with Crippen LogP contribution in [0.1, 0.15) is 67.2 Å². The summed E-state index contributed by atoms with van der Waals surface area (Å²) in [5.74, 6) is 0.630. The molecular formula is C22H36N4O2. The molecule has 1 aromatic heterocycles. The Hall–Kier alpha value is -1.82. The van der Waals surface area contributed by atoms with Gasteiger partial charge in [-0.05, 0) is 83.5 Å². The number of aryl methyl sites for hydroxylation is 2. The molecule has 6 nitrogen and oxygen atoms in total. The van der Waals surface area contributed by atoms with Gasteiger partial charge in [0.05, 0.1) is 0 Å². The maximum absolute atomic E-state index is 12.7. The quantitative estimate of drug-likeness (QED) is 0.755. The van der Waals surface area contributed by atoms with Crippen molar-refractivity contribution in [3.05, 3.63) is 23.0 Å². The SMILES string of the molecule is Cc1cc(C)c(C(=O)N2CCC(CC(=O)NCC[C@@H](C)N3CCCC3)CC2)[nH]1. The van der Waals surface area contributed by atoms with Crippen molar-refractivity contribution in [3.8, 4) is 0 Å². The largest absolute Gasteiger partial charge is 0.356 e. The van der Waals surface area contributed by atoms with E-state index in [0.717, 1.165) is 50.2 Å². The van der Waals surface area contributed by atoms with Gasteiger partial charge < -0.3 is 20.1 Å². The standard InChI is InChI=1S/C22H36N4O2/c1-16-14-17(2)24-21(16)22(28)26-12-7-19(8-13-26)15-20(27)23-9-6-18(3)25-10-4-5-11-25/h14,18-19,24H,4-13,15H2,1-3H3,(H,23,27)/t18-/m1/s1. The van der Waals surface area contributed by atoms with Crippen LogP contribution in [-0.4, -0.2) is 65.4 Å². The molecule has 0 saturated carbocycles. The number of nitrogens with zero attached hydrogens (tertiary/aromatic N) is 2. The zero-order chi connectivity index (χ0) is 20.1. The lowest BCUT2D eigenvalue weighted by molar-refractivity contribution is -0.122. The van der Waals surface area contributed by atoms with E-state index in [1.807, 2.05) is 24.8 Å². The molecule has 0 aromatic carbocycles. The first-order valence-corrected chi connectivity index (χ1v) is 10.9. The lowest BCUT2D eigenvalue weighted by atomic mass is 9.93. The second kappa shape index (κ2) is 9.59. The van der Waals surface area contributed by atoms with Crippen LogP contribution in [0.5, 0.6) is 0 Å². The summed E-state index contributed by atoms with van der Waals surface area (Å²) >= 11 is 0. The number of aromatic nitrogens is 1. The van der Waals surface area contributed by atoms with Crippen LogP contribution in [0.4, 0.5) is 0 Å². The predicted octanol–water partition coefficient (Wildman–Crippen LogP) is 2.86. The molecule has 2 saturated heterocycles. The summed E-state index contributed by atoms with van der Waals surface area (Å²) < 4.78 is 0. The number of likely N-dealkylation sites (tertiary alicyclic amines) is 2. The topological polar surface area (TPSA) is 68.4 Å². The first-order chi connectivity index (χ1) is 13.4. The third-order valence-electron chi connectivity index (χ3n) is 6.39. The van der Waals surface area contributed by atoms with Crippen molar-refractivity contribution in [2.45, 2.75) is 65.3 Å². The zero-order valence-corrected chi connectivity index (χ0v) is 17.7. The monoisotopic (exact) mass is 388 g/mol. The van der Waals surface area contributed by atoms with Crippen LogP contribution in [0, 0.1) is 19.8 Å². The van der Waals surface area contributed by atoms with E-state index in [0.29, 0.717) is 24.1 Å². The van der Waals surface area contributed by atoms with Gasteiger partial charge in [-0.25, -0.2) is 0 Å². The summed E-state index contributed by atoms with van der Waals surface area (Å²) in [4.78, 5) is 32.6. The molecule has 1 atom stereocenters. The molecule has 0 radical (unpaired) electrons. The minimum Gasteiger partial charge on any atom is -0.356 e. The molecule has 0 spiro atoms. The maximum atomic E-state index is 12.7. The van der Waals surface area contributed by atoms with Crippen LogP contribution in [0.3, 0.4) is 0 Å². The highest BCUT2D eigenvalue weighted by Crippen LogP contribution is 2.23.